The standard InChI is InChI=1S/C24H31FN4O8/c1-22(2,3)35-19(30)27-17(14-10-11-15(25)16(12-14)29(33)34)13-26-18(27)28(20(31)36-23(4,5)6)21(32)37-24(7,8)9/h10-13H,1-9H3. The molecule has 0 saturated heterocycles. The summed E-state index contributed by atoms with van der Waals surface area (Å²) in [5.41, 5.74) is -4.09. The van der Waals surface area contributed by atoms with Crippen LogP contribution in [0.25, 0.3) is 11.3 Å². The lowest BCUT2D eigenvalue weighted by atomic mass is 10.1. The highest BCUT2D eigenvalue weighted by molar-refractivity contribution is 6.09. The normalized spacial score (nSPS) is 12.1. The van der Waals surface area contributed by atoms with E-state index in [-0.39, 0.29) is 11.3 Å². The van der Waals surface area contributed by atoms with E-state index in [2.05, 4.69) is 4.98 Å². The SMILES string of the molecule is CC(C)(C)OC(=O)N(C(=O)OC(C)(C)C)c1ncc(-c2ccc(F)c([N+](=O)[O-])c2)n1C(=O)OC(C)(C)C. The van der Waals surface area contributed by atoms with Crippen LogP contribution in [0.5, 0.6) is 0 Å². The van der Waals surface area contributed by atoms with Gasteiger partial charge in [-0.3, -0.25) is 10.1 Å². The summed E-state index contributed by atoms with van der Waals surface area (Å²) < 4.78 is 30.9. The zero-order chi connectivity index (χ0) is 28.5. The predicted octanol–water partition coefficient (Wildman–Crippen LogP) is 6.06. The van der Waals surface area contributed by atoms with Crippen molar-refractivity contribution in [1.29, 1.82) is 0 Å². The van der Waals surface area contributed by atoms with Crippen LogP contribution in [-0.4, -0.2) is 49.6 Å². The highest BCUT2D eigenvalue weighted by Gasteiger charge is 2.38. The van der Waals surface area contributed by atoms with Gasteiger partial charge in [0.25, 0.3) is 0 Å². The molecule has 0 bridgehead atoms. The monoisotopic (exact) mass is 522 g/mol. The van der Waals surface area contributed by atoms with Crippen LogP contribution in [0.2, 0.25) is 0 Å². The second-order valence-corrected chi connectivity index (χ2v) is 11.0. The summed E-state index contributed by atoms with van der Waals surface area (Å²) in [6.07, 6.45) is -2.39. The average Bonchev–Trinajstić information content (AvgIpc) is 3.08. The van der Waals surface area contributed by atoms with Crippen molar-refractivity contribution in [1.82, 2.24) is 9.55 Å². The fraction of sp³-hybridized carbons (Fsp3) is 0.500. The van der Waals surface area contributed by atoms with Crippen molar-refractivity contribution >= 4 is 29.9 Å². The predicted molar refractivity (Wildman–Crippen MR) is 131 cm³/mol. The number of carbonyl (C=O) groups is 3. The van der Waals surface area contributed by atoms with Crippen LogP contribution in [0.15, 0.2) is 24.4 Å². The number of anilines is 1. The third-order valence-corrected chi connectivity index (χ3v) is 4.11. The molecular formula is C24H31FN4O8. The van der Waals surface area contributed by atoms with Gasteiger partial charge in [0.2, 0.25) is 11.8 Å². The summed E-state index contributed by atoms with van der Waals surface area (Å²) in [5.74, 6) is -1.65. The Hall–Kier alpha value is -4.03. The fourth-order valence-electron chi connectivity index (χ4n) is 2.86. The number of nitro benzene ring substituents is 1. The summed E-state index contributed by atoms with van der Waals surface area (Å²) in [5, 5.41) is 11.3. The van der Waals surface area contributed by atoms with Crippen LogP contribution in [0.3, 0.4) is 0 Å². The average molecular weight is 523 g/mol. The van der Waals surface area contributed by atoms with Gasteiger partial charge in [0, 0.05) is 11.6 Å². The van der Waals surface area contributed by atoms with Gasteiger partial charge in [0.15, 0.2) is 0 Å². The molecule has 0 aliphatic heterocycles. The number of imidazole rings is 1. The minimum Gasteiger partial charge on any atom is -0.443 e. The first-order valence-electron chi connectivity index (χ1n) is 11.2. The Morgan fingerprint density at radius 2 is 1.41 bits per heavy atom. The Morgan fingerprint density at radius 1 is 0.919 bits per heavy atom. The number of nitrogens with zero attached hydrogens (tertiary/aromatic N) is 4. The Kier molecular flexibility index (Phi) is 8.01. The molecule has 0 unspecified atom stereocenters. The zero-order valence-corrected chi connectivity index (χ0v) is 22.2. The van der Waals surface area contributed by atoms with E-state index in [0.29, 0.717) is 4.90 Å². The molecule has 0 fully saturated rings. The molecule has 0 aliphatic rings. The number of imide groups is 1. The van der Waals surface area contributed by atoms with Crippen LogP contribution < -0.4 is 4.90 Å². The number of hydrogen-bond acceptors (Lipinski definition) is 9. The first-order chi connectivity index (χ1) is 16.7. The molecule has 0 atom stereocenters. The molecule has 0 aliphatic carbocycles. The number of carbonyl (C=O) groups excluding carboxylic acids is 3. The molecule has 2 aromatic rings. The second kappa shape index (κ2) is 10.1. The maximum atomic E-state index is 14.0. The maximum Gasteiger partial charge on any atom is 0.427 e. The number of benzene rings is 1. The summed E-state index contributed by atoms with van der Waals surface area (Å²) >= 11 is 0. The lowest BCUT2D eigenvalue weighted by Gasteiger charge is -2.28. The van der Waals surface area contributed by atoms with Crippen molar-refractivity contribution in [2.24, 2.45) is 0 Å². The van der Waals surface area contributed by atoms with Crippen molar-refractivity contribution in [2.75, 3.05) is 4.90 Å². The minimum absolute atomic E-state index is 0.00830. The number of rotatable bonds is 3. The van der Waals surface area contributed by atoms with Gasteiger partial charge in [0.1, 0.15) is 16.8 Å². The number of halogens is 1. The summed E-state index contributed by atoms with van der Waals surface area (Å²) in [6, 6.07) is 2.91. The molecule has 1 aromatic carbocycles. The third kappa shape index (κ3) is 7.72. The van der Waals surface area contributed by atoms with Gasteiger partial charge in [-0.05, 0) is 74.4 Å². The van der Waals surface area contributed by atoms with E-state index in [1.165, 1.54) is 6.07 Å². The first kappa shape index (κ1) is 29.2. The number of ether oxygens (including phenoxy) is 3. The smallest absolute Gasteiger partial charge is 0.427 e. The molecule has 2 rings (SSSR count). The van der Waals surface area contributed by atoms with Gasteiger partial charge < -0.3 is 14.2 Å². The molecule has 0 saturated carbocycles. The quantitative estimate of drug-likeness (QED) is 0.267. The highest BCUT2D eigenvalue weighted by Crippen LogP contribution is 2.31. The zero-order valence-electron chi connectivity index (χ0n) is 22.2. The Bertz CT molecular complexity index is 1190. The largest absolute Gasteiger partial charge is 0.443 e. The molecule has 2 amide bonds. The molecule has 0 radical (unpaired) electrons. The molecule has 0 N–H and O–H groups in total. The van der Waals surface area contributed by atoms with E-state index in [1.54, 1.807) is 62.3 Å². The minimum atomic E-state index is -1.20. The van der Waals surface area contributed by atoms with E-state index in [9.17, 15) is 28.9 Å². The van der Waals surface area contributed by atoms with Crippen molar-refractivity contribution < 1.29 is 37.9 Å². The molecule has 1 heterocycles. The van der Waals surface area contributed by atoms with Gasteiger partial charge in [-0.15, -0.1) is 4.90 Å². The Labute approximate surface area is 213 Å². The Balaban J connectivity index is 2.82. The third-order valence-electron chi connectivity index (χ3n) is 4.11. The van der Waals surface area contributed by atoms with Crippen LogP contribution >= 0.6 is 0 Å². The summed E-state index contributed by atoms with van der Waals surface area (Å²) in [4.78, 5) is 54.4. The maximum absolute atomic E-state index is 14.0. The van der Waals surface area contributed by atoms with E-state index in [1.807, 2.05) is 0 Å². The van der Waals surface area contributed by atoms with E-state index in [0.717, 1.165) is 22.9 Å². The van der Waals surface area contributed by atoms with E-state index < -0.39 is 57.5 Å². The van der Waals surface area contributed by atoms with Crippen LogP contribution in [0.1, 0.15) is 62.3 Å². The number of nitro groups is 1. The van der Waals surface area contributed by atoms with Crippen LogP contribution in [0.4, 0.5) is 30.4 Å². The number of hydrogen-bond donors (Lipinski definition) is 0. The lowest BCUT2D eigenvalue weighted by Crippen LogP contribution is -2.45. The van der Waals surface area contributed by atoms with Gasteiger partial charge in [0.05, 0.1) is 16.8 Å². The molecule has 13 heteroatoms. The topological polar surface area (TPSA) is 143 Å². The van der Waals surface area contributed by atoms with Crippen LogP contribution in [0, 0.1) is 15.9 Å². The fourth-order valence-corrected chi connectivity index (χ4v) is 2.86. The van der Waals surface area contributed by atoms with Crippen molar-refractivity contribution in [3.05, 3.63) is 40.3 Å². The molecule has 0 spiro atoms. The Morgan fingerprint density at radius 3 is 1.84 bits per heavy atom. The van der Waals surface area contributed by atoms with Crippen LogP contribution in [-0.2, 0) is 14.2 Å². The first-order valence-corrected chi connectivity index (χ1v) is 11.2. The van der Waals surface area contributed by atoms with E-state index in [4.69, 9.17) is 14.2 Å². The molecule has 202 valence electrons. The number of aromatic nitrogens is 2. The molecule has 12 nitrogen and oxygen atoms in total. The van der Waals surface area contributed by atoms with Crippen molar-refractivity contribution in [2.45, 2.75) is 79.1 Å². The summed E-state index contributed by atoms with van der Waals surface area (Å²) in [6.45, 7) is 14.2. The van der Waals surface area contributed by atoms with Gasteiger partial charge in [-0.25, -0.2) is 23.9 Å². The molecular weight excluding hydrogens is 491 g/mol. The van der Waals surface area contributed by atoms with Gasteiger partial charge >= 0.3 is 24.0 Å². The summed E-state index contributed by atoms with van der Waals surface area (Å²) in [7, 11) is 0. The molecule has 1 aromatic heterocycles. The van der Waals surface area contributed by atoms with Gasteiger partial charge in [-0.2, -0.15) is 4.39 Å². The molecule has 37 heavy (non-hydrogen) atoms. The van der Waals surface area contributed by atoms with Crippen molar-refractivity contribution in [3.63, 3.8) is 0 Å². The number of amides is 2. The van der Waals surface area contributed by atoms with Gasteiger partial charge in [-0.1, -0.05) is 0 Å². The van der Waals surface area contributed by atoms with E-state index >= 15 is 0 Å². The highest BCUT2D eigenvalue weighted by atomic mass is 19.1. The lowest BCUT2D eigenvalue weighted by molar-refractivity contribution is -0.387. The van der Waals surface area contributed by atoms with Crippen molar-refractivity contribution in [3.8, 4) is 11.3 Å². The second-order valence-electron chi connectivity index (χ2n) is 11.0.